The van der Waals surface area contributed by atoms with Crippen molar-refractivity contribution in [3.05, 3.63) is 29.8 Å². The van der Waals surface area contributed by atoms with Crippen LogP contribution < -0.4 is 9.46 Å². The maximum Gasteiger partial charge on any atom is 0.214 e. The van der Waals surface area contributed by atoms with Gasteiger partial charge in [0, 0.05) is 6.04 Å². The summed E-state index contributed by atoms with van der Waals surface area (Å²) in [7, 11) is -1.65. The average molecular weight is 257 g/mol. The lowest BCUT2D eigenvalue weighted by molar-refractivity contribution is 0.414. The van der Waals surface area contributed by atoms with E-state index in [9.17, 15) is 8.42 Å². The van der Waals surface area contributed by atoms with E-state index < -0.39 is 15.3 Å². The zero-order valence-corrected chi connectivity index (χ0v) is 11.4. The lowest BCUT2D eigenvalue weighted by atomic mass is 10.1. The molecule has 0 heterocycles. The van der Waals surface area contributed by atoms with E-state index in [4.69, 9.17) is 4.74 Å². The second-order valence-electron chi connectivity index (χ2n) is 4.21. The highest BCUT2D eigenvalue weighted by Crippen LogP contribution is 2.18. The summed E-state index contributed by atoms with van der Waals surface area (Å²) in [4.78, 5) is 0. The second-order valence-corrected chi connectivity index (χ2v) is 6.47. The average Bonchev–Trinajstić information content (AvgIpc) is 2.28. The van der Waals surface area contributed by atoms with E-state index >= 15 is 0 Å². The van der Waals surface area contributed by atoms with Gasteiger partial charge in [0.05, 0.1) is 12.4 Å². The molecular formula is C12H19NO3S. The first kappa shape index (κ1) is 14.0. The van der Waals surface area contributed by atoms with E-state index in [1.165, 1.54) is 0 Å². The minimum Gasteiger partial charge on any atom is -0.497 e. The van der Waals surface area contributed by atoms with E-state index in [1.807, 2.05) is 31.2 Å². The summed E-state index contributed by atoms with van der Waals surface area (Å²) in [5.41, 5.74) is 0.912. The second kappa shape index (κ2) is 5.51. The van der Waals surface area contributed by atoms with Crippen LogP contribution in [0.15, 0.2) is 24.3 Å². The van der Waals surface area contributed by atoms with Gasteiger partial charge in [0.15, 0.2) is 0 Å². The normalized spacial score (nSPS) is 13.7. The van der Waals surface area contributed by atoms with Crippen molar-refractivity contribution in [1.29, 1.82) is 0 Å². The summed E-state index contributed by atoms with van der Waals surface area (Å²) < 4.78 is 31.1. The van der Waals surface area contributed by atoms with E-state index in [1.54, 1.807) is 21.0 Å². The number of hydrogen-bond donors (Lipinski definition) is 1. The van der Waals surface area contributed by atoms with Crippen molar-refractivity contribution < 1.29 is 13.2 Å². The Balaban J connectivity index is 2.80. The maximum atomic E-state index is 11.7. The first-order valence-electron chi connectivity index (χ1n) is 5.52. The largest absolute Gasteiger partial charge is 0.497 e. The molecule has 1 aromatic carbocycles. The summed E-state index contributed by atoms with van der Waals surface area (Å²) >= 11 is 0. The molecule has 0 bridgehead atoms. The van der Waals surface area contributed by atoms with Crippen LogP contribution in [0.2, 0.25) is 0 Å². The Morgan fingerprint density at radius 3 is 2.06 bits per heavy atom. The molecule has 0 radical (unpaired) electrons. The fraction of sp³-hybridized carbons (Fsp3) is 0.500. The van der Waals surface area contributed by atoms with E-state index in [0.717, 1.165) is 11.3 Å². The molecule has 0 amide bonds. The summed E-state index contributed by atoms with van der Waals surface area (Å²) in [6.07, 6.45) is 0. The molecule has 1 N–H and O–H groups in total. The van der Waals surface area contributed by atoms with Crippen molar-refractivity contribution in [1.82, 2.24) is 4.72 Å². The number of rotatable bonds is 5. The molecule has 0 saturated heterocycles. The van der Waals surface area contributed by atoms with Crippen LogP contribution in [0, 0.1) is 0 Å². The summed E-state index contributed by atoms with van der Waals surface area (Å²) in [6, 6.07) is 7.09. The van der Waals surface area contributed by atoms with Crippen molar-refractivity contribution in [2.24, 2.45) is 0 Å². The molecule has 17 heavy (non-hydrogen) atoms. The molecule has 0 saturated carbocycles. The van der Waals surface area contributed by atoms with Crippen LogP contribution in [0.25, 0.3) is 0 Å². The Morgan fingerprint density at radius 1 is 1.12 bits per heavy atom. The standard InChI is InChI=1S/C12H19NO3S/c1-9(2)17(14,15)13-10(3)11-5-7-12(16-4)8-6-11/h5-10,13H,1-4H3/t10-/m0/s1. The molecule has 1 atom stereocenters. The minimum atomic E-state index is -3.24. The SMILES string of the molecule is COc1ccc([C@H](C)NS(=O)(=O)C(C)C)cc1. The molecule has 5 heteroatoms. The fourth-order valence-electron chi connectivity index (χ4n) is 1.34. The molecule has 0 aliphatic heterocycles. The quantitative estimate of drug-likeness (QED) is 0.878. The monoisotopic (exact) mass is 257 g/mol. The molecule has 0 aliphatic carbocycles. The highest BCUT2D eigenvalue weighted by Gasteiger charge is 2.19. The van der Waals surface area contributed by atoms with E-state index in [0.29, 0.717) is 0 Å². The lowest BCUT2D eigenvalue weighted by Crippen LogP contribution is -2.32. The number of benzene rings is 1. The number of methoxy groups -OCH3 is 1. The van der Waals surface area contributed by atoms with Gasteiger partial charge in [-0.3, -0.25) is 0 Å². The Labute approximate surface area is 103 Å². The van der Waals surface area contributed by atoms with Crippen molar-refractivity contribution in [3.63, 3.8) is 0 Å². The third-order valence-electron chi connectivity index (χ3n) is 2.58. The maximum absolute atomic E-state index is 11.7. The molecule has 1 aromatic rings. The van der Waals surface area contributed by atoms with Crippen LogP contribution in [0.1, 0.15) is 32.4 Å². The van der Waals surface area contributed by atoms with Crippen molar-refractivity contribution in [2.45, 2.75) is 32.1 Å². The first-order valence-corrected chi connectivity index (χ1v) is 7.06. The predicted octanol–water partition coefficient (Wildman–Crippen LogP) is 2.08. The zero-order valence-electron chi connectivity index (χ0n) is 10.6. The molecule has 1 rings (SSSR count). The van der Waals surface area contributed by atoms with Gasteiger partial charge in [-0.05, 0) is 38.5 Å². The van der Waals surface area contributed by atoms with Crippen LogP contribution in [-0.2, 0) is 10.0 Å². The van der Waals surface area contributed by atoms with Crippen LogP contribution in [0.3, 0.4) is 0 Å². The summed E-state index contributed by atoms with van der Waals surface area (Å²) in [5, 5.41) is -0.428. The van der Waals surface area contributed by atoms with Gasteiger partial charge in [-0.25, -0.2) is 13.1 Å². The van der Waals surface area contributed by atoms with E-state index in [2.05, 4.69) is 4.72 Å². The molecular weight excluding hydrogens is 238 g/mol. The smallest absolute Gasteiger partial charge is 0.214 e. The zero-order chi connectivity index (χ0) is 13.1. The van der Waals surface area contributed by atoms with Gasteiger partial charge in [0.25, 0.3) is 0 Å². The molecule has 4 nitrogen and oxygen atoms in total. The van der Waals surface area contributed by atoms with Gasteiger partial charge < -0.3 is 4.74 Å². The van der Waals surface area contributed by atoms with Gasteiger partial charge in [-0.2, -0.15) is 0 Å². The van der Waals surface area contributed by atoms with Crippen LogP contribution in [0.5, 0.6) is 5.75 Å². The predicted molar refractivity (Wildman–Crippen MR) is 68.6 cm³/mol. The highest BCUT2D eigenvalue weighted by atomic mass is 32.2. The van der Waals surface area contributed by atoms with Gasteiger partial charge in [-0.1, -0.05) is 12.1 Å². The van der Waals surface area contributed by atoms with Crippen molar-refractivity contribution in [2.75, 3.05) is 7.11 Å². The Kier molecular flexibility index (Phi) is 4.54. The van der Waals surface area contributed by atoms with Crippen LogP contribution in [-0.4, -0.2) is 20.8 Å². The number of ether oxygens (including phenoxy) is 1. The molecule has 0 aliphatic rings. The summed E-state index contributed by atoms with van der Waals surface area (Å²) in [5.74, 6) is 0.757. The van der Waals surface area contributed by atoms with Gasteiger partial charge in [-0.15, -0.1) is 0 Å². The van der Waals surface area contributed by atoms with Gasteiger partial charge in [0.1, 0.15) is 5.75 Å². The lowest BCUT2D eigenvalue weighted by Gasteiger charge is -2.16. The van der Waals surface area contributed by atoms with Gasteiger partial charge in [0.2, 0.25) is 10.0 Å². The number of nitrogens with one attached hydrogen (secondary N) is 1. The summed E-state index contributed by atoms with van der Waals surface area (Å²) in [6.45, 7) is 5.13. The van der Waals surface area contributed by atoms with Crippen molar-refractivity contribution in [3.8, 4) is 5.75 Å². The third kappa shape index (κ3) is 3.71. The molecule has 0 fully saturated rings. The van der Waals surface area contributed by atoms with Crippen molar-refractivity contribution >= 4 is 10.0 Å². The first-order chi connectivity index (χ1) is 7.86. The molecule has 96 valence electrons. The third-order valence-corrected chi connectivity index (χ3v) is 4.50. The Bertz CT molecular complexity index is 451. The minimum absolute atomic E-state index is 0.242. The number of hydrogen-bond acceptors (Lipinski definition) is 3. The Morgan fingerprint density at radius 2 is 1.65 bits per heavy atom. The number of sulfonamides is 1. The molecule has 0 spiro atoms. The molecule has 0 aromatic heterocycles. The fourth-order valence-corrected chi connectivity index (χ4v) is 2.24. The van der Waals surface area contributed by atoms with Crippen LogP contribution >= 0.6 is 0 Å². The topological polar surface area (TPSA) is 55.4 Å². The van der Waals surface area contributed by atoms with E-state index in [-0.39, 0.29) is 6.04 Å². The Hall–Kier alpha value is -1.07. The van der Waals surface area contributed by atoms with Gasteiger partial charge >= 0.3 is 0 Å². The highest BCUT2D eigenvalue weighted by molar-refractivity contribution is 7.90. The van der Waals surface area contributed by atoms with Crippen LogP contribution in [0.4, 0.5) is 0 Å². The molecule has 0 unspecified atom stereocenters.